The van der Waals surface area contributed by atoms with E-state index in [9.17, 15) is 4.79 Å². The topological polar surface area (TPSA) is 47.6 Å². The molecule has 4 heteroatoms. The number of benzene rings is 2. The molecule has 2 aromatic carbocycles. The Labute approximate surface area is 149 Å². The molecule has 4 nitrogen and oxygen atoms in total. The highest BCUT2D eigenvalue weighted by Crippen LogP contribution is 2.32. The van der Waals surface area contributed by atoms with Crippen molar-refractivity contribution < 1.29 is 14.3 Å². The Kier molecular flexibility index (Phi) is 5.27. The van der Waals surface area contributed by atoms with Crippen LogP contribution in [0.5, 0.6) is 11.5 Å². The fourth-order valence-corrected chi connectivity index (χ4v) is 3.60. The van der Waals surface area contributed by atoms with E-state index < -0.39 is 0 Å². The van der Waals surface area contributed by atoms with Gasteiger partial charge in [-0.3, -0.25) is 4.79 Å². The van der Waals surface area contributed by atoms with E-state index in [-0.39, 0.29) is 5.91 Å². The van der Waals surface area contributed by atoms with E-state index >= 15 is 0 Å². The van der Waals surface area contributed by atoms with Gasteiger partial charge in [0.25, 0.3) is 5.91 Å². The normalized spacial score (nSPS) is 16.0. The number of aryl methyl sites for hydroxylation is 1. The van der Waals surface area contributed by atoms with Gasteiger partial charge in [-0.1, -0.05) is 24.3 Å². The lowest BCUT2D eigenvalue weighted by Gasteiger charge is -2.25. The molecular weight excluding hydrogens is 314 g/mol. The van der Waals surface area contributed by atoms with Gasteiger partial charge in [0.15, 0.2) is 0 Å². The summed E-state index contributed by atoms with van der Waals surface area (Å²) < 4.78 is 10.7. The van der Waals surface area contributed by atoms with E-state index in [0.717, 1.165) is 18.4 Å². The fraction of sp³-hybridized carbons (Fsp3) is 0.381. The first-order chi connectivity index (χ1) is 12.1. The van der Waals surface area contributed by atoms with Crippen molar-refractivity contribution in [3.63, 3.8) is 0 Å². The number of fused-ring (bicyclic) bond motifs is 1. The van der Waals surface area contributed by atoms with E-state index in [1.54, 1.807) is 26.4 Å². The van der Waals surface area contributed by atoms with Crippen LogP contribution in [0.25, 0.3) is 0 Å². The summed E-state index contributed by atoms with van der Waals surface area (Å²) in [5, 5.41) is 3.08. The van der Waals surface area contributed by atoms with Crippen molar-refractivity contribution in [2.75, 3.05) is 20.8 Å². The molecule has 1 unspecified atom stereocenters. The molecule has 0 aliphatic heterocycles. The van der Waals surface area contributed by atoms with Crippen molar-refractivity contribution >= 4 is 5.91 Å². The van der Waals surface area contributed by atoms with Crippen LogP contribution in [0.2, 0.25) is 0 Å². The number of carbonyl (C=O) groups excluding carboxylic acids is 1. The van der Waals surface area contributed by atoms with Crippen molar-refractivity contribution in [3.8, 4) is 11.5 Å². The van der Waals surface area contributed by atoms with Crippen LogP contribution in [-0.4, -0.2) is 26.7 Å². The number of carbonyl (C=O) groups is 1. The van der Waals surface area contributed by atoms with Crippen LogP contribution in [0.15, 0.2) is 36.4 Å². The zero-order valence-corrected chi connectivity index (χ0v) is 15.1. The van der Waals surface area contributed by atoms with E-state index in [1.807, 2.05) is 6.92 Å². The lowest BCUT2D eigenvalue weighted by Crippen LogP contribution is -2.30. The molecule has 1 atom stereocenters. The second kappa shape index (κ2) is 7.60. The van der Waals surface area contributed by atoms with Crippen molar-refractivity contribution in [1.29, 1.82) is 0 Å². The number of hydrogen-bond acceptors (Lipinski definition) is 3. The minimum absolute atomic E-state index is 0.0975. The molecule has 0 spiro atoms. The molecule has 1 amide bonds. The zero-order chi connectivity index (χ0) is 17.8. The predicted molar refractivity (Wildman–Crippen MR) is 98.7 cm³/mol. The summed E-state index contributed by atoms with van der Waals surface area (Å²) in [6.07, 6.45) is 3.41. The summed E-state index contributed by atoms with van der Waals surface area (Å²) in [4.78, 5) is 12.6. The summed E-state index contributed by atoms with van der Waals surface area (Å²) in [5.41, 5.74) is 4.23. The number of rotatable bonds is 5. The average molecular weight is 339 g/mol. The van der Waals surface area contributed by atoms with Gasteiger partial charge in [-0.2, -0.15) is 0 Å². The summed E-state index contributed by atoms with van der Waals surface area (Å²) in [6.45, 7) is 2.56. The molecule has 0 radical (unpaired) electrons. The maximum atomic E-state index is 12.6. The van der Waals surface area contributed by atoms with Gasteiger partial charge in [0.2, 0.25) is 0 Å². The third kappa shape index (κ3) is 3.63. The van der Waals surface area contributed by atoms with E-state index in [0.29, 0.717) is 29.5 Å². The molecule has 0 saturated carbocycles. The maximum absolute atomic E-state index is 12.6. The zero-order valence-electron chi connectivity index (χ0n) is 15.1. The Morgan fingerprint density at radius 3 is 2.52 bits per heavy atom. The summed E-state index contributed by atoms with van der Waals surface area (Å²) >= 11 is 0. The highest BCUT2D eigenvalue weighted by atomic mass is 16.5. The first-order valence-corrected chi connectivity index (χ1v) is 8.72. The lowest BCUT2D eigenvalue weighted by atomic mass is 9.83. The Morgan fingerprint density at radius 1 is 1.16 bits per heavy atom. The molecule has 132 valence electrons. The summed E-state index contributed by atoms with van der Waals surface area (Å²) in [6, 6.07) is 12.1. The largest absolute Gasteiger partial charge is 0.496 e. The van der Waals surface area contributed by atoms with Gasteiger partial charge in [-0.25, -0.2) is 0 Å². The first kappa shape index (κ1) is 17.3. The van der Waals surface area contributed by atoms with Gasteiger partial charge in [0, 0.05) is 23.6 Å². The highest BCUT2D eigenvalue weighted by Gasteiger charge is 2.21. The number of ether oxygens (including phenoxy) is 2. The minimum atomic E-state index is -0.0975. The van der Waals surface area contributed by atoms with Crippen LogP contribution in [0.1, 0.15) is 45.8 Å². The third-order valence-corrected chi connectivity index (χ3v) is 5.02. The van der Waals surface area contributed by atoms with Gasteiger partial charge >= 0.3 is 0 Å². The summed E-state index contributed by atoms with van der Waals surface area (Å²) in [7, 11) is 3.20. The van der Waals surface area contributed by atoms with Crippen LogP contribution in [0, 0.1) is 6.92 Å². The van der Waals surface area contributed by atoms with E-state index in [1.165, 1.54) is 17.5 Å². The Hall–Kier alpha value is -2.49. The van der Waals surface area contributed by atoms with E-state index in [4.69, 9.17) is 9.47 Å². The quantitative estimate of drug-likeness (QED) is 0.900. The predicted octanol–water partition coefficient (Wildman–Crippen LogP) is 3.86. The lowest BCUT2D eigenvalue weighted by molar-refractivity contribution is 0.0949. The molecule has 0 aromatic heterocycles. The van der Waals surface area contributed by atoms with Crippen LogP contribution in [0.3, 0.4) is 0 Å². The van der Waals surface area contributed by atoms with Crippen LogP contribution < -0.4 is 14.8 Å². The Bertz CT molecular complexity index is 744. The fourth-order valence-electron chi connectivity index (χ4n) is 3.60. The molecule has 1 aliphatic carbocycles. The molecule has 1 N–H and O–H groups in total. The molecular formula is C21H25NO3. The molecule has 0 saturated heterocycles. The van der Waals surface area contributed by atoms with Crippen LogP contribution >= 0.6 is 0 Å². The van der Waals surface area contributed by atoms with Gasteiger partial charge in [0.05, 0.1) is 14.2 Å². The van der Waals surface area contributed by atoms with Crippen molar-refractivity contribution in [1.82, 2.24) is 5.32 Å². The average Bonchev–Trinajstić information content (AvgIpc) is 2.66. The molecule has 25 heavy (non-hydrogen) atoms. The van der Waals surface area contributed by atoms with E-state index in [2.05, 4.69) is 29.6 Å². The second-order valence-corrected chi connectivity index (χ2v) is 6.50. The van der Waals surface area contributed by atoms with Crippen molar-refractivity contribution in [3.05, 3.63) is 58.7 Å². The summed E-state index contributed by atoms with van der Waals surface area (Å²) in [5.74, 6) is 1.60. The molecule has 0 fully saturated rings. The monoisotopic (exact) mass is 339 g/mol. The van der Waals surface area contributed by atoms with Gasteiger partial charge in [-0.05, 0) is 49.4 Å². The molecule has 1 aliphatic rings. The number of hydrogen-bond donors (Lipinski definition) is 1. The second-order valence-electron chi connectivity index (χ2n) is 6.50. The Balaban J connectivity index is 1.74. The van der Waals surface area contributed by atoms with Gasteiger partial charge < -0.3 is 14.8 Å². The highest BCUT2D eigenvalue weighted by molar-refractivity contribution is 5.95. The molecule has 0 heterocycles. The standard InChI is InChI=1S/C21H25NO3/c1-14-19(24-2)11-17(12-20(14)25-3)21(23)22-13-16-9-6-8-15-7-4-5-10-18(15)16/h4-5,7,10-12,16H,6,8-9,13H2,1-3H3,(H,22,23). The molecule has 3 rings (SSSR count). The minimum Gasteiger partial charge on any atom is -0.496 e. The molecule has 2 aromatic rings. The SMILES string of the molecule is COc1cc(C(=O)NCC2CCCc3ccccc32)cc(OC)c1C. The third-order valence-electron chi connectivity index (χ3n) is 5.02. The molecule has 0 bridgehead atoms. The number of nitrogens with one attached hydrogen (secondary N) is 1. The smallest absolute Gasteiger partial charge is 0.251 e. The first-order valence-electron chi connectivity index (χ1n) is 8.72. The Morgan fingerprint density at radius 2 is 1.84 bits per heavy atom. The van der Waals surface area contributed by atoms with Crippen LogP contribution in [-0.2, 0) is 6.42 Å². The van der Waals surface area contributed by atoms with Crippen LogP contribution in [0.4, 0.5) is 0 Å². The maximum Gasteiger partial charge on any atom is 0.251 e. The van der Waals surface area contributed by atoms with Gasteiger partial charge in [-0.15, -0.1) is 0 Å². The van der Waals surface area contributed by atoms with Crippen molar-refractivity contribution in [2.45, 2.75) is 32.1 Å². The number of methoxy groups -OCH3 is 2. The number of amides is 1. The van der Waals surface area contributed by atoms with Gasteiger partial charge in [0.1, 0.15) is 11.5 Å². The van der Waals surface area contributed by atoms with Crippen molar-refractivity contribution in [2.24, 2.45) is 0 Å².